The van der Waals surface area contributed by atoms with Crippen molar-refractivity contribution in [2.45, 2.75) is 13.1 Å². The lowest BCUT2D eigenvalue weighted by atomic mass is 10.2. The van der Waals surface area contributed by atoms with Gasteiger partial charge in [-0.2, -0.15) is 0 Å². The fourth-order valence-electron chi connectivity index (χ4n) is 1.97. The summed E-state index contributed by atoms with van der Waals surface area (Å²) in [5.74, 6) is 0. The van der Waals surface area contributed by atoms with Gasteiger partial charge in [0.05, 0.1) is 0 Å². The lowest BCUT2D eigenvalue weighted by Crippen LogP contribution is -2.10. The van der Waals surface area contributed by atoms with Crippen LogP contribution in [-0.4, -0.2) is 19.0 Å². The maximum absolute atomic E-state index is 6.01. The van der Waals surface area contributed by atoms with E-state index in [4.69, 9.17) is 11.6 Å². The SMILES string of the molecule is CN(C)Cc1ccc(NCc2cc(Cl)ccc2Br)cc1. The number of benzene rings is 2. The molecule has 4 heteroatoms. The number of rotatable bonds is 5. The first-order valence-corrected chi connectivity index (χ1v) is 7.63. The molecule has 0 aliphatic carbocycles. The van der Waals surface area contributed by atoms with Gasteiger partial charge in [-0.05, 0) is 55.6 Å². The second-order valence-corrected chi connectivity index (χ2v) is 6.31. The molecule has 1 N–H and O–H groups in total. The molecule has 0 aliphatic heterocycles. The van der Waals surface area contributed by atoms with Crippen LogP contribution in [0.3, 0.4) is 0 Å². The van der Waals surface area contributed by atoms with Gasteiger partial charge in [-0.3, -0.25) is 0 Å². The molecule has 0 aromatic heterocycles. The van der Waals surface area contributed by atoms with Gasteiger partial charge in [-0.25, -0.2) is 0 Å². The number of nitrogens with one attached hydrogen (secondary N) is 1. The van der Waals surface area contributed by atoms with Gasteiger partial charge in [-0.15, -0.1) is 0 Å². The second-order valence-electron chi connectivity index (χ2n) is 5.02. The van der Waals surface area contributed by atoms with Gasteiger partial charge in [0.25, 0.3) is 0 Å². The van der Waals surface area contributed by atoms with Crippen molar-refractivity contribution in [2.24, 2.45) is 0 Å². The normalized spacial score (nSPS) is 10.8. The van der Waals surface area contributed by atoms with E-state index >= 15 is 0 Å². The molecule has 0 amide bonds. The first kappa shape index (κ1) is 15.4. The van der Waals surface area contributed by atoms with E-state index in [0.717, 1.165) is 33.8 Å². The summed E-state index contributed by atoms with van der Waals surface area (Å²) in [6.07, 6.45) is 0. The molecule has 0 spiro atoms. The average molecular weight is 354 g/mol. The fourth-order valence-corrected chi connectivity index (χ4v) is 2.55. The third-order valence-electron chi connectivity index (χ3n) is 2.94. The monoisotopic (exact) mass is 352 g/mol. The number of hydrogen-bond donors (Lipinski definition) is 1. The maximum atomic E-state index is 6.01. The molecule has 0 atom stereocenters. The highest BCUT2D eigenvalue weighted by Gasteiger charge is 2.01. The third kappa shape index (κ3) is 4.51. The Morgan fingerprint density at radius 1 is 1.10 bits per heavy atom. The quantitative estimate of drug-likeness (QED) is 0.832. The Kier molecular flexibility index (Phi) is 5.46. The van der Waals surface area contributed by atoms with Gasteiger partial charge in [-0.1, -0.05) is 39.7 Å². The van der Waals surface area contributed by atoms with E-state index < -0.39 is 0 Å². The molecule has 0 unspecified atom stereocenters. The first-order chi connectivity index (χ1) is 9.54. The van der Waals surface area contributed by atoms with Crippen LogP contribution in [0, 0.1) is 0 Å². The Balaban J connectivity index is 1.98. The zero-order chi connectivity index (χ0) is 14.5. The summed E-state index contributed by atoms with van der Waals surface area (Å²) in [5, 5.41) is 4.16. The smallest absolute Gasteiger partial charge is 0.0412 e. The van der Waals surface area contributed by atoms with Gasteiger partial charge in [0.2, 0.25) is 0 Å². The molecule has 2 aromatic carbocycles. The van der Waals surface area contributed by atoms with Gasteiger partial charge in [0, 0.05) is 28.3 Å². The summed E-state index contributed by atoms with van der Waals surface area (Å²) in [6.45, 7) is 1.70. The van der Waals surface area contributed by atoms with E-state index in [9.17, 15) is 0 Å². The highest BCUT2D eigenvalue weighted by Crippen LogP contribution is 2.22. The van der Waals surface area contributed by atoms with Crippen molar-refractivity contribution in [1.29, 1.82) is 0 Å². The third-order valence-corrected chi connectivity index (χ3v) is 3.95. The molecular formula is C16H18BrClN2. The van der Waals surface area contributed by atoms with Crippen LogP contribution in [-0.2, 0) is 13.1 Å². The van der Waals surface area contributed by atoms with E-state index in [1.165, 1.54) is 5.56 Å². The molecule has 20 heavy (non-hydrogen) atoms. The van der Waals surface area contributed by atoms with Crippen molar-refractivity contribution in [1.82, 2.24) is 4.90 Å². The van der Waals surface area contributed by atoms with Crippen molar-refractivity contribution in [3.8, 4) is 0 Å². The first-order valence-electron chi connectivity index (χ1n) is 6.46. The van der Waals surface area contributed by atoms with Crippen LogP contribution >= 0.6 is 27.5 Å². The summed E-state index contributed by atoms with van der Waals surface area (Å²) < 4.78 is 1.07. The van der Waals surface area contributed by atoms with Crippen molar-refractivity contribution < 1.29 is 0 Å². The Hall–Kier alpha value is -1.03. The zero-order valence-electron chi connectivity index (χ0n) is 11.7. The zero-order valence-corrected chi connectivity index (χ0v) is 14.0. The van der Waals surface area contributed by atoms with E-state index in [0.29, 0.717) is 0 Å². The summed E-state index contributed by atoms with van der Waals surface area (Å²) in [5.41, 5.74) is 3.57. The van der Waals surface area contributed by atoms with Crippen LogP contribution in [0.4, 0.5) is 5.69 Å². The molecule has 0 radical (unpaired) electrons. The minimum Gasteiger partial charge on any atom is -0.381 e. The number of halogens is 2. The second kappa shape index (κ2) is 7.11. The number of hydrogen-bond acceptors (Lipinski definition) is 2. The molecule has 0 saturated heterocycles. The predicted molar refractivity (Wildman–Crippen MR) is 90.3 cm³/mol. The number of nitrogens with zero attached hydrogens (tertiary/aromatic N) is 1. The van der Waals surface area contributed by atoms with E-state index in [1.54, 1.807) is 0 Å². The van der Waals surface area contributed by atoms with E-state index in [-0.39, 0.29) is 0 Å². The molecule has 106 valence electrons. The van der Waals surface area contributed by atoms with Crippen molar-refractivity contribution in [3.63, 3.8) is 0 Å². The van der Waals surface area contributed by atoms with Crippen LogP contribution in [0.1, 0.15) is 11.1 Å². The summed E-state index contributed by atoms with van der Waals surface area (Å²) >= 11 is 9.55. The Labute approximate surface area is 133 Å². The van der Waals surface area contributed by atoms with Crippen LogP contribution in [0.5, 0.6) is 0 Å². The Bertz CT molecular complexity index is 567. The standard InChI is InChI=1S/C16H18BrClN2/c1-20(2)11-12-3-6-15(7-4-12)19-10-13-9-14(18)5-8-16(13)17/h3-9,19H,10-11H2,1-2H3. The summed E-state index contributed by atoms with van der Waals surface area (Å²) in [7, 11) is 4.14. The molecule has 2 rings (SSSR count). The minimum absolute atomic E-state index is 0.744. The molecule has 0 saturated carbocycles. The minimum atomic E-state index is 0.744. The lowest BCUT2D eigenvalue weighted by molar-refractivity contribution is 0.402. The molecular weight excluding hydrogens is 336 g/mol. The largest absolute Gasteiger partial charge is 0.381 e. The predicted octanol–water partition coefficient (Wildman–Crippen LogP) is 4.78. The highest BCUT2D eigenvalue weighted by atomic mass is 79.9. The highest BCUT2D eigenvalue weighted by molar-refractivity contribution is 9.10. The van der Waals surface area contributed by atoms with Gasteiger partial charge in [0.15, 0.2) is 0 Å². The molecule has 0 bridgehead atoms. The fraction of sp³-hybridized carbons (Fsp3) is 0.250. The summed E-state index contributed by atoms with van der Waals surface area (Å²) in [6, 6.07) is 14.3. The van der Waals surface area contributed by atoms with Crippen LogP contribution < -0.4 is 5.32 Å². The molecule has 0 heterocycles. The van der Waals surface area contributed by atoms with Crippen LogP contribution in [0.15, 0.2) is 46.9 Å². The van der Waals surface area contributed by atoms with E-state index in [2.05, 4.69) is 64.5 Å². The lowest BCUT2D eigenvalue weighted by Gasteiger charge is -2.12. The van der Waals surface area contributed by atoms with Gasteiger partial charge < -0.3 is 10.2 Å². The Morgan fingerprint density at radius 2 is 1.80 bits per heavy atom. The maximum Gasteiger partial charge on any atom is 0.0412 e. The average Bonchev–Trinajstić information content (AvgIpc) is 2.41. The van der Waals surface area contributed by atoms with Crippen molar-refractivity contribution in [3.05, 3.63) is 63.1 Å². The number of anilines is 1. The topological polar surface area (TPSA) is 15.3 Å². The van der Waals surface area contributed by atoms with Crippen LogP contribution in [0.2, 0.25) is 5.02 Å². The van der Waals surface area contributed by atoms with Crippen LogP contribution in [0.25, 0.3) is 0 Å². The molecule has 2 nitrogen and oxygen atoms in total. The Morgan fingerprint density at radius 3 is 2.45 bits per heavy atom. The van der Waals surface area contributed by atoms with Crippen molar-refractivity contribution in [2.75, 3.05) is 19.4 Å². The van der Waals surface area contributed by atoms with Gasteiger partial charge >= 0.3 is 0 Å². The molecule has 0 fully saturated rings. The van der Waals surface area contributed by atoms with Crippen molar-refractivity contribution >= 4 is 33.2 Å². The van der Waals surface area contributed by atoms with Gasteiger partial charge in [0.1, 0.15) is 0 Å². The molecule has 2 aromatic rings. The van der Waals surface area contributed by atoms with E-state index in [1.807, 2.05) is 18.2 Å². The summed E-state index contributed by atoms with van der Waals surface area (Å²) in [4.78, 5) is 2.16. The molecule has 0 aliphatic rings.